The summed E-state index contributed by atoms with van der Waals surface area (Å²) in [5.41, 5.74) is 1.81. The minimum Gasteiger partial charge on any atom is -0.481 e. The van der Waals surface area contributed by atoms with Crippen LogP contribution in [-0.2, 0) is 9.59 Å². The van der Waals surface area contributed by atoms with E-state index in [4.69, 9.17) is 0 Å². The summed E-state index contributed by atoms with van der Waals surface area (Å²) in [6.07, 6.45) is 4.60. The summed E-state index contributed by atoms with van der Waals surface area (Å²) in [6.45, 7) is 6.05. The lowest BCUT2D eigenvalue weighted by atomic mass is 9.82. The van der Waals surface area contributed by atoms with Crippen LogP contribution in [0.3, 0.4) is 0 Å². The normalized spacial score (nSPS) is 20.1. The van der Waals surface area contributed by atoms with Crippen molar-refractivity contribution in [2.24, 2.45) is 11.8 Å². The maximum Gasteiger partial charge on any atom is 0.307 e. The van der Waals surface area contributed by atoms with Gasteiger partial charge in [-0.3, -0.25) is 9.59 Å². The van der Waals surface area contributed by atoms with Gasteiger partial charge >= 0.3 is 5.97 Å². The average Bonchev–Trinajstić information content (AvgIpc) is 2.57. The minimum atomic E-state index is -0.911. The van der Waals surface area contributed by atoms with Gasteiger partial charge in [0.05, 0.1) is 11.8 Å². The highest BCUT2D eigenvalue weighted by Gasteiger charge is 2.33. The van der Waals surface area contributed by atoms with Crippen LogP contribution in [0.1, 0.15) is 26.7 Å². The lowest BCUT2D eigenvalue weighted by Gasteiger charge is -2.24. The molecular weight excluding hydrogens is 292 g/mol. The molecule has 1 aliphatic rings. The van der Waals surface area contributed by atoms with E-state index in [1.165, 1.54) is 0 Å². The molecule has 0 radical (unpaired) electrons. The van der Waals surface area contributed by atoms with Crippen molar-refractivity contribution in [1.82, 2.24) is 0 Å². The number of nitrogens with one attached hydrogen (secondary N) is 1. The van der Waals surface area contributed by atoms with E-state index < -0.39 is 17.8 Å². The molecule has 1 amide bonds. The highest BCUT2D eigenvalue weighted by Crippen LogP contribution is 2.27. The molecule has 2 atom stereocenters. The van der Waals surface area contributed by atoms with E-state index in [9.17, 15) is 14.7 Å². The van der Waals surface area contributed by atoms with E-state index in [1.807, 2.05) is 36.4 Å². The number of benzene rings is 1. The van der Waals surface area contributed by atoms with Gasteiger partial charge in [0.1, 0.15) is 0 Å². The smallest absolute Gasteiger partial charge is 0.307 e. The van der Waals surface area contributed by atoms with Gasteiger partial charge in [-0.25, -0.2) is 0 Å². The maximum absolute atomic E-state index is 12.4. The molecule has 0 bridgehead atoms. The summed E-state index contributed by atoms with van der Waals surface area (Å²) in [5.74, 6) is -2.29. The average molecular weight is 316 g/mol. The van der Waals surface area contributed by atoms with Crippen molar-refractivity contribution < 1.29 is 14.7 Å². The molecule has 23 heavy (non-hydrogen) atoms. The molecule has 5 heteroatoms. The van der Waals surface area contributed by atoms with Crippen LogP contribution in [0.15, 0.2) is 36.4 Å². The number of carboxylic acid groups (broad SMARTS) is 1. The molecule has 0 saturated heterocycles. The van der Waals surface area contributed by atoms with Crippen LogP contribution in [-0.4, -0.2) is 30.1 Å². The first-order valence-electron chi connectivity index (χ1n) is 8.10. The Hall–Kier alpha value is -2.30. The van der Waals surface area contributed by atoms with Gasteiger partial charge in [-0.2, -0.15) is 0 Å². The molecule has 0 fully saturated rings. The van der Waals surface area contributed by atoms with Gasteiger partial charge in [-0.05, 0) is 51.0 Å². The second-order valence-electron chi connectivity index (χ2n) is 5.70. The number of carboxylic acids is 1. The maximum atomic E-state index is 12.4. The van der Waals surface area contributed by atoms with Crippen molar-refractivity contribution in [1.29, 1.82) is 0 Å². The van der Waals surface area contributed by atoms with E-state index in [2.05, 4.69) is 24.1 Å². The fourth-order valence-corrected chi connectivity index (χ4v) is 2.96. The van der Waals surface area contributed by atoms with Crippen LogP contribution in [0.4, 0.5) is 11.4 Å². The zero-order valence-electron chi connectivity index (χ0n) is 13.7. The summed E-state index contributed by atoms with van der Waals surface area (Å²) in [4.78, 5) is 25.9. The van der Waals surface area contributed by atoms with Crippen LogP contribution < -0.4 is 10.2 Å². The fourth-order valence-electron chi connectivity index (χ4n) is 2.96. The number of hydrogen-bond donors (Lipinski definition) is 2. The molecule has 0 aliphatic heterocycles. The van der Waals surface area contributed by atoms with Crippen LogP contribution in [0.25, 0.3) is 0 Å². The number of amides is 1. The highest BCUT2D eigenvalue weighted by atomic mass is 16.4. The standard InChI is InChI=1S/C18H24N2O3/c1-3-20(4-2)14-11-9-13(10-12-14)19-17(21)15-7-5-6-8-16(15)18(22)23/h5-6,9-12,15-16H,3-4,7-8H2,1-2H3,(H,19,21)(H,22,23)/t15-,16-/m0/s1. The van der Waals surface area contributed by atoms with Gasteiger partial charge in [0.2, 0.25) is 5.91 Å². The Morgan fingerprint density at radius 2 is 1.65 bits per heavy atom. The number of rotatable bonds is 6. The van der Waals surface area contributed by atoms with E-state index in [1.54, 1.807) is 0 Å². The van der Waals surface area contributed by atoms with Crippen LogP contribution in [0.2, 0.25) is 0 Å². The molecule has 1 aliphatic carbocycles. The summed E-state index contributed by atoms with van der Waals surface area (Å²) in [7, 11) is 0. The van der Waals surface area contributed by atoms with Gasteiger partial charge in [-0.15, -0.1) is 0 Å². The molecule has 5 nitrogen and oxygen atoms in total. The van der Waals surface area contributed by atoms with Gasteiger partial charge in [0.15, 0.2) is 0 Å². The molecule has 2 N–H and O–H groups in total. The summed E-state index contributed by atoms with van der Waals surface area (Å²) in [6, 6.07) is 7.66. The van der Waals surface area contributed by atoms with Crippen LogP contribution in [0, 0.1) is 11.8 Å². The Morgan fingerprint density at radius 3 is 2.17 bits per heavy atom. The zero-order valence-corrected chi connectivity index (χ0v) is 13.7. The minimum absolute atomic E-state index is 0.225. The SMILES string of the molecule is CCN(CC)c1ccc(NC(=O)[C@H]2CC=CC[C@@H]2C(=O)O)cc1. The third kappa shape index (κ3) is 4.12. The van der Waals surface area contributed by atoms with Crippen molar-refractivity contribution in [3.63, 3.8) is 0 Å². The molecule has 0 unspecified atom stereocenters. The quantitative estimate of drug-likeness (QED) is 0.791. The van der Waals surface area contributed by atoms with Gasteiger partial charge in [0.25, 0.3) is 0 Å². The summed E-state index contributed by atoms with van der Waals surface area (Å²) < 4.78 is 0. The monoisotopic (exact) mass is 316 g/mol. The van der Waals surface area contributed by atoms with Crippen LogP contribution in [0.5, 0.6) is 0 Å². The third-order valence-corrected chi connectivity index (χ3v) is 4.35. The molecule has 1 aromatic rings. The molecule has 0 spiro atoms. The summed E-state index contributed by atoms with van der Waals surface area (Å²) >= 11 is 0. The summed E-state index contributed by atoms with van der Waals surface area (Å²) in [5, 5.41) is 12.1. The topological polar surface area (TPSA) is 69.6 Å². The number of hydrogen-bond acceptors (Lipinski definition) is 3. The second kappa shape index (κ2) is 7.81. The molecule has 124 valence electrons. The van der Waals surface area contributed by atoms with Gasteiger partial charge in [0, 0.05) is 24.5 Å². The lowest BCUT2D eigenvalue weighted by molar-refractivity contribution is -0.146. The number of carbonyl (C=O) groups is 2. The van der Waals surface area contributed by atoms with Crippen molar-refractivity contribution in [3.05, 3.63) is 36.4 Å². The first-order chi connectivity index (χ1) is 11.1. The Balaban J connectivity index is 2.05. The molecular formula is C18H24N2O3. The van der Waals surface area contributed by atoms with Crippen LogP contribution >= 0.6 is 0 Å². The van der Waals surface area contributed by atoms with E-state index >= 15 is 0 Å². The number of anilines is 2. The largest absolute Gasteiger partial charge is 0.481 e. The Labute approximate surface area is 137 Å². The van der Waals surface area contributed by atoms with E-state index in [0.717, 1.165) is 18.8 Å². The zero-order chi connectivity index (χ0) is 16.8. The van der Waals surface area contributed by atoms with E-state index in [-0.39, 0.29) is 5.91 Å². The number of allylic oxidation sites excluding steroid dienone is 2. The predicted molar refractivity (Wildman–Crippen MR) is 91.6 cm³/mol. The molecule has 0 heterocycles. The first kappa shape index (κ1) is 17.1. The Kier molecular flexibility index (Phi) is 5.79. The Bertz CT molecular complexity index is 576. The lowest BCUT2D eigenvalue weighted by Crippen LogP contribution is -2.34. The number of carbonyl (C=O) groups excluding carboxylic acids is 1. The van der Waals surface area contributed by atoms with Gasteiger partial charge in [-0.1, -0.05) is 12.2 Å². The first-order valence-corrected chi connectivity index (χ1v) is 8.10. The third-order valence-electron chi connectivity index (χ3n) is 4.35. The predicted octanol–water partition coefficient (Wildman–Crippen LogP) is 3.14. The van der Waals surface area contributed by atoms with Crippen molar-refractivity contribution in [2.75, 3.05) is 23.3 Å². The Morgan fingerprint density at radius 1 is 1.09 bits per heavy atom. The van der Waals surface area contributed by atoms with Crippen molar-refractivity contribution >= 4 is 23.3 Å². The number of aliphatic carboxylic acids is 1. The van der Waals surface area contributed by atoms with Crippen molar-refractivity contribution in [3.8, 4) is 0 Å². The molecule has 0 saturated carbocycles. The fraction of sp³-hybridized carbons (Fsp3) is 0.444. The highest BCUT2D eigenvalue weighted by molar-refractivity contribution is 5.95. The van der Waals surface area contributed by atoms with Crippen molar-refractivity contribution in [2.45, 2.75) is 26.7 Å². The molecule has 2 rings (SSSR count). The van der Waals surface area contributed by atoms with E-state index in [0.29, 0.717) is 18.5 Å². The molecule has 0 aromatic heterocycles. The second-order valence-corrected chi connectivity index (χ2v) is 5.70. The van der Waals surface area contributed by atoms with Gasteiger partial charge < -0.3 is 15.3 Å². The molecule has 1 aromatic carbocycles. The number of nitrogens with zero attached hydrogens (tertiary/aromatic N) is 1.